The Labute approximate surface area is 162 Å². The number of aliphatic hydroxyl groups is 1. The highest BCUT2D eigenvalue weighted by atomic mass is 16.5. The van der Waals surface area contributed by atoms with Gasteiger partial charge < -0.3 is 20.1 Å². The monoisotopic (exact) mass is 390 g/mol. The standard InChI is InChI=1S/C17H26N8O3/c1-11-2-5-24(6-3-11)9-14-16(26)12(4-7-28-14)19-17(27)13-8-15(21-20-13)25-10-18-22-23-25/h8,10-12,14,16,26H,2-7,9H2,1H3,(H,19,27)(H,20,21)/t12-,14+,16-/m0/s1. The van der Waals surface area contributed by atoms with Crippen LogP contribution in [0.2, 0.25) is 0 Å². The van der Waals surface area contributed by atoms with Crippen molar-refractivity contribution in [2.75, 3.05) is 26.2 Å². The van der Waals surface area contributed by atoms with Gasteiger partial charge in [-0.2, -0.15) is 9.78 Å². The third kappa shape index (κ3) is 4.21. The molecule has 11 heteroatoms. The van der Waals surface area contributed by atoms with E-state index in [9.17, 15) is 9.90 Å². The van der Waals surface area contributed by atoms with Gasteiger partial charge in [-0.3, -0.25) is 9.89 Å². The summed E-state index contributed by atoms with van der Waals surface area (Å²) in [6.07, 6.45) is 3.25. The molecule has 0 bridgehead atoms. The molecule has 152 valence electrons. The highest BCUT2D eigenvalue weighted by molar-refractivity contribution is 5.92. The predicted molar refractivity (Wildman–Crippen MR) is 97.8 cm³/mol. The van der Waals surface area contributed by atoms with Gasteiger partial charge in [0.15, 0.2) is 5.82 Å². The summed E-state index contributed by atoms with van der Waals surface area (Å²) >= 11 is 0. The molecule has 4 heterocycles. The van der Waals surface area contributed by atoms with E-state index in [0.29, 0.717) is 25.4 Å². The second kappa shape index (κ2) is 8.33. The van der Waals surface area contributed by atoms with Gasteiger partial charge in [-0.15, -0.1) is 5.10 Å². The molecular weight excluding hydrogens is 364 g/mol. The number of hydrogen-bond acceptors (Lipinski definition) is 8. The van der Waals surface area contributed by atoms with Crippen molar-refractivity contribution in [2.24, 2.45) is 5.92 Å². The van der Waals surface area contributed by atoms with Gasteiger partial charge in [0.2, 0.25) is 0 Å². The Balaban J connectivity index is 1.34. The number of likely N-dealkylation sites (tertiary alicyclic amines) is 1. The number of ether oxygens (including phenoxy) is 1. The molecule has 28 heavy (non-hydrogen) atoms. The average Bonchev–Trinajstić information content (AvgIpc) is 3.38. The Morgan fingerprint density at radius 1 is 1.39 bits per heavy atom. The second-order valence-electron chi connectivity index (χ2n) is 7.65. The van der Waals surface area contributed by atoms with E-state index in [0.717, 1.165) is 19.0 Å². The highest BCUT2D eigenvalue weighted by Gasteiger charge is 2.35. The number of aromatic amines is 1. The lowest BCUT2D eigenvalue weighted by atomic mass is 9.96. The summed E-state index contributed by atoms with van der Waals surface area (Å²) in [5, 5.41) is 31.2. The van der Waals surface area contributed by atoms with Crippen LogP contribution in [0.1, 0.15) is 36.7 Å². The minimum absolute atomic E-state index is 0.283. The van der Waals surface area contributed by atoms with Crippen molar-refractivity contribution in [1.29, 1.82) is 0 Å². The quantitative estimate of drug-likeness (QED) is 0.614. The van der Waals surface area contributed by atoms with E-state index in [1.54, 1.807) is 6.07 Å². The molecular formula is C17H26N8O3. The number of rotatable bonds is 5. The summed E-state index contributed by atoms with van der Waals surface area (Å²) < 4.78 is 7.16. The van der Waals surface area contributed by atoms with Crippen LogP contribution in [-0.4, -0.2) is 90.8 Å². The number of piperidine rings is 1. The zero-order valence-corrected chi connectivity index (χ0v) is 15.9. The molecule has 0 unspecified atom stereocenters. The van der Waals surface area contributed by atoms with E-state index in [1.807, 2.05) is 0 Å². The molecule has 2 aliphatic rings. The Kier molecular flexibility index (Phi) is 5.64. The maximum atomic E-state index is 12.6. The number of aromatic nitrogens is 6. The molecule has 2 fully saturated rings. The van der Waals surface area contributed by atoms with Gasteiger partial charge in [-0.1, -0.05) is 6.92 Å². The number of carbonyl (C=O) groups excluding carboxylic acids is 1. The number of H-pyrrole nitrogens is 1. The van der Waals surface area contributed by atoms with Crippen molar-refractivity contribution in [1.82, 2.24) is 40.6 Å². The van der Waals surface area contributed by atoms with Gasteiger partial charge in [0.1, 0.15) is 18.1 Å². The van der Waals surface area contributed by atoms with Crippen LogP contribution in [0.15, 0.2) is 12.4 Å². The Hall–Kier alpha value is -2.37. The number of tetrazole rings is 1. The molecule has 0 aromatic carbocycles. The van der Waals surface area contributed by atoms with Gasteiger partial charge in [-0.05, 0) is 48.7 Å². The number of nitrogens with one attached hydrogen (secondary N) is 2. The fourth-order valence-electron chi connectivity index (χ4n) is 3.75. The SMILES string of the molecule is CC1CCN(C[C@H]2OCC[C@H](NC(=O)c3cc(-n4cnnn4)n[nH]3)[C@@H]2O)CC1. The molecule has 0 radical (unpaired) electrons. The van der Waals surface area contributed by atoms with Crippen molar-refractivity contribution in [3.05, 3.63) is 18.1 Å². The third-order valence-electron chi connectivity index (χ3n) is 5.58. The van der Waals surface area contributed by atoms with Crippen molar-refractivity contribution < 1.29 is 14.6 Å². The summed E-state index contributed by atoms with van der Waals surface area (Å²) in [5.41, 5.74) is 0.283. The molecule has 1 amide bonds. The summed E-state index contributed by atoms with van der Waals surface area (Å²) in [6, 6.07) is 1.19. The normalized spacial score (nSPS) is 27.0. The smallest absolute Gasteiger partial charge is 0.269 e. The molecule has 4 rings (SSSR count). The van der Waals surface area contributed by atoms with Crippen LogP contribution in [-0.2, 0) is 4.74 Å². The summed E-state index contributed by atoms with van der Waals surface area (Å²) in [4.78, 5) is 14.9. The zero-order valence-electron chi connectivity index (χ0n) is 15.9. The first-order chi connectivity index (χ1) is 13.6. The van der Waals surface area contributed by atoms with Crippen LogP contribution >= 0.6 is 0 Å². The van der Waals surface area contributed by atoms with Gasteiger partial charge in [0.05, 0.1) is 12.1 Å². The molecule has 2 aromatic heterocycles. The molecule has 11 nitrogen and oxygen atoms in total. The number of hydrogen-bond donors (Lipinski definition) is 3. The van der Waals surface area contributed by atoms with Crippen LogP contribution in [0.5, 0.6) is 0 Å². The molecule has 2 aliphatic heterocycles. The molecule has 2 aromatic rings. The number of carbonyl (C=O) groups is 1. The fraction of sp³-hybridized carbons (Fsp3) is 0.706. The van der Waals surface area contributed by atoms with Crippen molar-refractivity contribution in [3.63, 3.8) is 0 Å². The highest BCUT2D eigenvalue weighted by Crippen LogP contribution is 2.21. The lowest BCUT2D eigenvalue weighted by Crippen LogP contribution is -2.56. The summed E-state index contributed by atoms with van der Waals surface area (Å²) in [6.45, 7) is 5.52. The van der Waals surface area contributed by atoms with E-state index in [2.05, 4.69) is 42.9 Å². The van der Waals surface area contributed by atoms with Gasteiger partial charge in [0.25, 0.3) is 5.91 Å². The van der Waals surface area contributed by atoms with E-state index >= 15 is 0 Å². The first kappa shape index (κ1) is 19.0. The topological polar surface area (TPSA) is 134 Å². The zero-order chi connectivity index (χ0) is 19.5. The average molecular weight is 390 g/mol. The Morgan fingerprint density at radius 3 is 2.96 bits per heavy atom. The number of aliphatic hydroxyl groups excluding tert-OH is 1. The summed E-state index contributed by atoms with van der Waals surface area (Å²) in [5.74, 6) is 0.844. The molecule has 3 N–H and O–H groups in total. The molecule has 0 aliphatic carbocycles. The lowest BCUT2D eigenvalue weighted by molar-refractivity contribution is -0.101. The van der Waals surface area contributed by atoms with Crippen LogP contribution in [0.3, 0.4) is 0 Å². The second-order valence-corrected chi connectivity index (χ2v) is 7.65. The minimum Gasteiger partial charge on any atom is -0.388 e. The first-order valence-electron chi connectivity index (χ1n) is 9.72. The van der Waals surface area contributed by atoms with Crippen LogP contribution < -0.4 is 5.32 Å². The first-order valence-corrected chi connectivity index (χ1v) is 9.72. The van der Waals surface area contributed by atoms with Crippen LogP contribution in [0.4, 0.5) is 0 Å². The summed E-state index contributed by atoms with van der Waals surface area (Å²) in [7, 11) is 0. The molecule has 3 atom stereocenters. The number of nitrogens with zero attached hydrogens (tertiary/aromatic N) is 6. The molecule has 2 saturated heterocycles. The lowest BCUT2D eigenvalue weighted by Gasteiger charge is -2.39. The van der Waals surface area contributed by atoms with Gasteiger partial charge >= 0.3 is 0 Å². The van der Waals surface area contributed by atoms with E-state index < -0.39 is 6.10 Å². The Bertz CT molecular complexity index is 771. The largest absolute Gasteiger partial charge is 0.388 e. The van der Waals surface area contributed by atoms with Crippen molar-refractivity contribution >= 4 is 5.91 Å². The maximum absolute atomic E-state index is 12.6. The van der Waals surface area contributed by atoms with E-state index in [-0.39, 0.29) is 23.7 Å². The third-order valence-corrected chi connectivity index (χ3v) is 5.58. The number of amides is 1. The van der Waals surface area contributed by atoms with E-state index in [4.69, 9.17) is 4.74 Å². The fourth-order valence-corrected chi connectivity index (χ4v) is 3.75. The maximum Gasteiger partial charge on any atom is 0.269 e. The molecule has 0 saturated carbocycles. The minimum atomic E-state index is -0.751. The van der Waals surface area contributed by atoms with Crippen molar-refractivity contribution in [3.8, 4) is 5.82 Å². The van der Waals surface area contributed by atoms with Crippen LogP contribution in [0.25, 0.3) is 5.82 Å². The van der Waals surface area contributed by atoms with Gasteiger partial charge in [0, 0.05) is 19.2 Å². The van der Waals surface area contributed by atoms with Crippen LogP contribution in [0, 0.1) is 5.92 Å². The molecule has 0 spiro atoms. The van der Waals surface area contributed by atoms with E-state index in [1.165, 1.54) is 23.9 Å². The Morgan fingerprint density at radius 2 is 2.21 bits per heavy atom. The predicted octanol–water partition coefficient (Wildman–Crippen LogP) is -0.634. The van der Waals surface area contributed by atoms with Gasteiger partial charge in [-0.25, -0.2) is 0 Å². The van der Waals surface area contributed by atoms with Crippen molar-refractivity contribution in [2.45, 2.75) is 44.4 Å².